The van der Waals surface area contributed by atoms with Crippen molar-refractivity contribution in [1.29, 1.82) is 0 Å². The van der Waals surface area contributed by atoms with Gasteiger partial charge in [0, 0.05) is 45.2 Å². The van der Waals surface area contributed by atoms with E-state index >= 15 is 0 Å². The van der Waals surface area contributed by atoms with Gasteiger partial charge in [-0.2, -0.15) is 0 Å². The molecule has 61 heavy (non-hydrogen) atoms. The number of hydrogen-bond donors (Lipinski definition) is 0. The summed E-state index contributed by atoms with van der Waals surface area (Å²) in [5, 5.41) is 5.40. The van der Waals surface area contributed by atoms with Crippen LogP contribution in [0.4, 0.5) is 0 Å². The molecule has 7 heteroatoms. The molecule has 4 heterocycles. The van der Waals surface area contributed by atoms with E-state index in [9.17, 15) is 0 Å². The molecule has 0 aliphatic carbocycles. The molecule has 4 aromatic heterocycles. The molecule has 6 aromatic carbocycles. The Labute approximate surface area is 376 Å². The van der Waals surface area contributed by atoms with Crippen molar-refractivity contribution in [2.75, 3.05) is 0 Å². The van der Waals surface area contributed by atoms with Crippen LogP contribution in [-0.2, 0) is 31.9 Å². The van der Waals surface area contributed by atoms with Gasteiger partial charge in [0.1, 0.15) is 11.2 Å². The van der Waals surface area contributed by atoms with E-state index in [-0.39, 0.29) is 25.5 Å². The van der Waals surface area contributed by atoms with Gasteiger partial charge < -0.3 is 18.4 Å². The third-order valence-electron chi connectivity index (χ3n) is 10.9. The van der Waals surface area contributed by atoms with Crippen molar-refractivity contribution in [3.63, 3.8) is 0 Å². The van der Waals surface area contributed by atoms with Gasteiger partial charge in [0.15, 0.2) is 5.58 Å². The molecular formula is C54H51IrN3O2Si-2. The zero-order valence-electron chi connectivity index (χ0n) is 38.2. The first-order chi connectivity index (χ1) is 29.4. The minimum atomic E-state index is -1.74. The van der Waals surface area contributed by atoms with Crippen molar-refractivity contribution in [2.45, 2.75) is 73.0 Å². The average Bonchev–Trinajstić information content (AvgIpc) is 3.94. The van der Waals surface area contributed by atoms with Crippen LogP contribution < -0.4 is 5.19 Å². The molecular weight excluding hydrogens is 943 g/mol. The van der Waals surface area contributed by atoms with E-state index in [0.29, 0.717) is 0 Å². The molecule has 0 amide bonds. The van der Waals surface area contributed by atoms with E-state index in [1.54, 1.807) is 0 Å². The van der Waals surface area contributed by atoms with Gasteiger partial charge in [0.25, 0.3) is 0 Å². The number of hydrogen-bond acceptors (Lipinski definition) is 4. The van der Waals surface area contributed by atoms with Crippen molar-refractivity contribution in [2.24, 2.45) is 5.41 Å². The smallest absolute Gasteiger partial charge is 0.158 e. The van der Waals surface area contributed by atoms with Crippen molar-refractivity contribution >= 4 is 68.2 Å². The monoisotopic (exact) mass is 996 g/mol. The Morgan fingerprint density at radius 2 is 1.31 bits per heavy atom. The summed E-state index contributed by atoms with van der Waals surface area (Å²) in [6.45, 7) is 19.2. The number of imidazole rings is 1. The molecule has 0 aliphatic rings. The number of fused-ring (bicyclic) bond motifs is 7. The number of nitrogens with zero attached hydrogens (tertiary/aromatic N) is 3. The summed E-state index contributed by atoms with van der Waals surface area (Å²) in [6.07, 6.45) is 0.472. The second-order valence-corrected chi connectivity index (χ2v) is 23.7. The number of rotatable bonds is 5. The molecule has 0 spiro atoms. The molecule has 0 fully saturated rings. The molecule has 10 aromatic rings. The molecule has 0 N–H and O–H groups in total. The van der Waals surface area contributed by atoms with Crippen LogP contribution in [0.15, 0.2) is 142 Å². The summed E-state index contributed by atoms with van der Waals surface area (Å²) >= 11 is 0. The van der Waals surface area contributed by atoms with Crippen molar-refractivity contribution in [3.05, 3.63) is 157 Å². The molecule has 10 rings (SSSR count). The first-order valence-corrected chi connectivity index (χ1v) is 24.2. The van der Waals surface area contributed by atoms with E-state index < -0.39 is 19.9 Å². The van der Waals surface area contributed by atoms with Crippen molar-refractivity contribution in [3.8, 4) is 28.3 Å². The summed E-state index contributed by atoms with van der Waals surface area (Å²) < 4.78 is 32.7. The van der Waals surface area contributed by atoms with Crippen LogP contribution in [-0.4, -0.2) is 22.6 Å². The summed E-state index contributed by atoms with van der Waals surface area (Å²) in [4.78, 5) is 9.80. The van der Waals surface area contributed by atoms with Gasteiger partial charge in [0.2, 0.25) is 0 Å². The number of aromatic nitrogens is 3. The van der Waals surface area contributed by atoms with Gasteiger partial charge in [0.05, 0.1) is 36.2 Å². The van der Waals surface area contributed by atoms with Crippen LogP contribution in [0.3, 0.4) is 0 Å². The number of pyridine rings is 1. The van der Waals surface area contributed by atoms with Crippen LogP contribution in [0.1, 0.15) is 55.4 Å². The Balaban J connectivity index is 0.000000177. The topological polar surface area (TPSA) is 57.0 Å². The molecule has 0 atom stereocenters. The van der Waals surface area contributed by atoms with Gasteiger partial charge in [-0.3, -0.25) is 4.98 Å². The molecule has 0 saturated heterocycles. The minimum Gasteiger partial charge on any atom is -0.501 e. The fourth-order valence-electron chi connectivity index (χ4n) is 7.99. The van der Waals surface area contributed by atoms with E-state index in [1.807, 2.05) is 99.8 Å². The molecule has 5 nitrogen and oxygen atoms in total. The van der Waals surface area contributed by atoms with Crippen LogP contribution >= 0.6 is 0 Å². The van der Waals surface area contributed by atoms with Gasteiger partial charge in [-0.05, 0) is 58.4 Å². The van der Waals surface area contributed by atoms with Crippen LogP contribution in [0.2, 0.25) is 19.6 Å². The average molecular weight is 996 g/mol. The van der Waals surface area contributed by atoms with Gasteiger partial charge >= 0.3 is 0 Å². The van der Waals surface area contributed by atoms with E-state index in [2.05, 4.69) is 112 Å². The fourth-order valence-corrected chi connectivity index (χ4v) is 9.39. The molecule has 0 unspecified atom stereocenters. The Morgan fingerprint density at radius 1 is 0.689 bits per heavy atom. The second kappa shape index (κ2) is 16.0. The van der Waals surface area contributed by atoms with E-state index in [4.69, 9.17) is 21.5 Å². The van der Waals surface area contributed by atoms with Crippen LogP contribution in [0.5, 0.6) is 0 Å². The summed E-state index contributed by atoms with van der Waals surface area (Å²) in [6, 6.07) is 49.6. The third-order valence-corrected chi connectivity index (χ3v) is 12.9. The van der Waals surface area contributed by atoms with Crippen molar-refractivity contribution in [1.82, 2.24) is 14.5 Å². The van der Waals surface area contributed by atoms with Crippen LogP contribution in [0, 0.1) is 17.5 Å². The Bertz CT molecular complexity index is 3310. The largest absolute Gasteiger partial charge is 0.501 e. The van der Waals surface area contributed by atoms with Crippen LogP contribution in [0.25, 0.3) is 83.2 Å². The Hall–Kier alpha value is -5.59. The maximum absolute atomic E-state index is 8.89. The Kier molecular flexibility index (Phi) is 10.4. The standard InChI is InChI=1S/C31H17N2O2.C23H34NSi.Ir/c1-5-17-27-19(9-1)21-11-7-13-23(29(21)34-27)31-32-24-14-3-4-15-25(24)33(31)26-16-8-12-22-20-10-2-6-18-28(20)35-30(22)26;1-22(2,3)15-18-14-20(24-16-21(18)25(7,8)9)17-11-10-12-19(13-17)23(4,5)6;/h1-12,14-18H;10,12-14,16H,15H2,1-9H3;/q2*-1;/i;15D2;. The normalized spacial score (nSPS) is 13.0. The van der Waals surface area contributed by atoms with E-state index in [1.165, 1.54) is 5.56 Å². The predicted octanol–water partition coefficient (Wildman–Crippen LogP) is 14.3. The summed E-state index contributed by atoms with van der Waals surface area (Å²) in [7, 11) is -1.74. The fraction of sp³-hybridized carbons (Fsp3) is 0.222. The molecule has 309 valence electrons. The molecule has 0 saturated carbocycles. The Morgan fingerprint density at radius 3 is 2.00 bits per heavy atom. The number of furan rings is 2. The third kappa shape index (κ3) is 8.15. The first-order valence-electron chi connectivity index (χ1n) is 21.7. The van der Waals surface area contributed by atoms with Crippen molar-refractivity contribution < 1.29 is 31.7 Å². The SMILES string of the molecule is [2H]C([2H])(c1cc(-c2[c-]ccc(C(C)(C)C)c2)ncc1[Si](C)(C)C)C(C)(C)C.[Ir].[c-]1ccc2c(oc3ccccc32)c1-c1nc2ccccc2n1-c1cccc2c1oc1ccccc12. The minimum absolute atomic E-state index is 0. The maximum Gasteiger partial charge on any atom is 0.158 e. The predicted molar refractivity (Wildman–Crippen MR) is 253 cm³/mol. The summed E-state index contributed by atoms with van der Waals surface area (Å²) in [5.41, 5.74) is 10.3. The second-order valence-electron chi connectivity index (χ2n) is 18.7. The zero-order chi connectivity index (χ0) is 43.8. The van der Waals surface area contributed by atoms with E-state index in [0.717, 1.165) is 94.0 Å². The summed E-state index contributed by atoms with van der Waals surface area (Å²) in [5.74, 6) is 0.767. The zero-order valence-corrected chi connectivity index (χ0v) is 39.6. The van der Waals surface area contributed by atoms with Gasteiger partial charge in [-0.25, -0.2) is 0 Å². The molecule has 0 aliphatic heterocycles. The molecule has 1 radical (unpaired) electrons. The maximum atomic E-state index is 8.89. The van der Waals surface area contributed by atoms with Gasteiger partial charge in [-0.1, -0.05) is 144 Å². The van der Waals surface area contributed by atoms with Gasteiger partial charge in [-0.15, -0.1) is 53.6 Å². The first kappa shape index (κ1) is 39.5. The quantitative estimate of drug-likeness (QED) is 0.127. The molecule has 0 bridgehead atoms. The number of para-hydroxylation sites is 5. The number of benzene rings is 6.